The maximum absolute atomic E-state index is 13.5. The average Bonchev–Trinajstić information content (AvgIpc) is 3.12. The number of esters is 1. The Morgan fingerprint density at radius 1 is 1.37 bits per heavy atom. The Morgan fingerprint density at radius 3 is 2.81 bits per heavy atom. The van der Waals surface area contributed by atoms with E-state index >= 15 is 0 Å². The van der Waals surface area contributed by atoms with Crippen molar-refractivity contribution in [3.63, 3.8) is 0 Å². The molecule has 2 aliphatic heterocycles. The van der Waals surface area contributed by atoms with Crippen LogP contribution in [0, 0.1) is 11.2 Å². The van der Waals surface area contributed by atoms with Gasteiger partial charge in [-0.2, -0.15) is 0 Å². The van der Waals surface area contributed by atoms with Crippen LogP contribution in [-0.2, 0) is 14.4 Å². The lowest BCUT2D eigenvalue weighted by molar-refractivity contribution is -0.161. The summed E-state index contributed by atoms with van der Waals surface area (Å²) in [6, 6.07) is 6.38. The fourth-order valence-electron chi connectivity index (χ4n) is 4.11. The largest absolute Gasteiger partial charge is 0.466 e. The summed E-state index contributed by atoms with van der Waals surface area (Å²) in [6.07, 6.45) is 3.67. The number of halogens is 1. The third kappa shape index (κ3) is 4.67. The molecule has 1 saturated heterocycles. The number of nitrogens with zero attached hydrogens (tertiary/aromatic N) is 2. The Balaban J connectivity index is 1.66. The van der Waals surface area contributed by atoms with Gasteiger partial charge in [0.2, 0.25) is 0 Å². The molecule has 0 radical (unpaired) electrons. The third-order valence-electron chi connectivity index (χ3n) is 5.57. The van der Waals surface area contributed by atoms with Crippen molar-refractivity contribution in [2.75, 3.05) is 26.2 Å². The van der Waals surface area contributed by atoms with Crippen LogP contribution in [0.15, 0.2) is 29.4 Å². The highest BCUT2D eigenvalue weighted by Gasteiger charge is 2.45. The van der Waals surface area contributed by atoms with E-state index in [0.29, 0.717) is 19.4 Å². The van der Waals surface area contributed by atoms with Crippen LogP contribution in [0.5, 0.6) is 0 Å². The summed E-state index contributed by atoms with van der Waals surface area (Å²) in [6.45, 7) is 7.26. The summed E-state index contributed by atoms with van der Waals surface area (Å²) in [4.78, 5) is 20.8. The second-order valence-electron chi connectivity index (χ2n) is 7.53. The molecule has 2 aliphatic rings. The molecule has 148 valence electrons. The van der Waals surface area contributed by atoms with Gasteiger partial charge >= 0.3 is 5.97 Å². The molecule has 0 aliphatic carbocycles. The fraction of sp³-hybridized carbons (Fsp3) is 0.619. The first-order chi connectivity index (χ1) is 13.1. The lowest BCUT2D eigenvalue weighted by atomic mass is 9.73. The molecule has 0 bridgehead atoms. The molecule has 1 fully saturated rings. The summed E-state index contributed by atoms with van der Waals surface area (Å²) < 4.78 is 18.9. The van der Waals surface area contributed by atoms with E-state index < -0.39 is 5.41 Å². The van der Waals surface area contributed by atoms with Crippen molar-refractivity contribution in [2.24, 2.45) is 10.6 Å². The number of ether oxygens (including phenoxy) is 1. The van der Waals surface area contributed by atoms with Gasteiger partial charge in [-0.3, -0.25) is 4.79 Å². The van der Waals surface area contributed by atoms with Gasteiger partial charge in [0, 0.05) is 18.4 Å². The highest BCUT2D eigenvalue weighted by atomic mass is 19.1. The first kappa shape index (κ1) is 19.8. The quantitative estimate of drug-likeness (QED) is 0.680. The van der Waals surface area contributed by atoms with Crippen molar-refractivity contribution in [1.29, 1.82) is 0 Å². The highest BCUT2D eigenvalue weighted by molar-refractivity contribution is 6.01. The number of rotatable bonds is 7. The molecule has 0 spiro atoms. The molecule has 0 saturated carbocycles. The van der Waals surface area contributed by atoms with Gasteiger partial charge < -0.3 is 14.5 Å². The standard InChI is InChI=1S/C21H29FN2O3/c1-3-10-24-11-8-21(9-12-24,20(25)26-4-2)15-18-14-19(23-27-18)16-6-5-7-17(22)13-16/h5-7,13,18H,3-4,8-12,14-15H2,1-2H3. The predicted molar refractivity (Wildman–Crippen MR) is 102 cm³/mol. The minimum absolute atomic E-state index is 0.121. The molecule has 1 atom stereocenters. The minimum Gasteiger partial charge on any atom is -0.466 e. The van der Waals surface area contributed by atoms with Crippen LogP contribution in [0.2, 0.25) is 0 Å². The second-order valence-corrected chi connectivity index (χ2v) is 7.53. The smallest absolute Gasteiger partial charge is 0.312 e. The Bertz CT molecular complexity index is 684. The van der Waals surface area contributed by atoms with Crippen LogP contribution in [0.1, 0.15) is 51.5 Å². The first-order valence-electron chi connectivity index (χ1n) is 9.94. The van der Waals surface area contributed by atoms with Gasteiger partial charge in [0.25, 0.3) is 0 Å². The van der Waals surface area contributed by atoms with Crippen LogP contribution in [0.3, 0.4) is 0 Å². The highest BCUT2D eigenvalue weighted by Crippen LogP contribution is 2.40. The number of likely N-dealkylation sites (tertiary alicyclic amines) is 1. The Hall–Kier alpha value is -1.95. The Morgan fingerprint density at radius 2 is 2.15 bits per heavy atom. The molecule has 0 amide bonds. The van der Waals surface area contributed by atoms with Crippen LogP contribution >= 0.6 is 0 Å². The first-order valence-corrected chi connectivity index (χ1v) is 9.94. The molecule has 5 nitrogen and oxygen atoms in total. The van der Waals surface area contributed by atoms with Gasteiger partial charge in [-0.15, -0.1) is 0 Å². The number of carbonyl (C=O) groups excluding carboxylic acids is 1. The number of hydrogen-bond acceptors (Lipinski definition) is 5. The van der Waals surface area contributed by atoms with Crippen LogP contribution in [0.25, 0.3) is 0 Å². The van der Waals surface area contributed by atoms with Crippen LogP contribution in [-0.4, -0.2) is 48.9 Å². The molecular formula is C21H29FN2O3. The molecule has 0 N–H and O–H groups in total. The fourth-order valence-corrected chi connectivity index (χ4v) is 4.11. The average molecular weight is 376 g/mol. The van der Waals surface area contributed by atoms with Crippen molar-refractivity contribution in [1.82, 2.24) is 4.90 Å². The van der Waals surface area contributed by atoms with Gasteiger partial charge in [-0.05, 0) is 58.0 Å². The number of hydrogen-bond donors (Lipinski definition) is 0. The van der Waals surface area contributed by atoms with Crippen molar-refractivity contribution in [3.8, 4) is 0 Å². The number of benzene rings is 1. The monoisotopic (exact) mass is 376 g/mol. The number of oxime groups is 1. The summed E-state index contributed by atoms with van der Waals surface area (Å²) >= 11 is 0. The maximum atomic E-state index is 13.5. The molecule has 2 heterocycles. The normalized spacial score (nSPS) is 22.2. The zero-order valence-corrected chi connectivity index (χ0v) is 16.2. The van der Waals surface area contributed by atoms with Crippen molar-refractivity contribution >= 4 is 11.7 Å². The van der Waals surface area contributed by atoms with E-state index in [1.54, 1.807) is 6.07 Å². The van der Waals surface area contributed by atoms with Crippen molar-refractivity contribution in [3.05, 3.63) is 35.6 Å². The van der Waals surface area contributed by atoms with E-state index in [0.717, 1.165) is 50.2 Å². The zero-order chi connectivity index (χ0) is 19.3. The van der Waals surface area contributed by atoms with Crippen molar-refractivity contribution in [2.45, 2.75) is 52.1 Å². The molecule has 6 heteroatoms. The molecule has 27 heavy (non-hydrogen) atoms. The van der Waals surface area contributed by atoms with Crippen LogP contribution < -0.4 is 0 Å². The Kier molecular flexibility index (Phi) is 6.47. The van der Waals surface area contributed by atoms with Gasteiger partial charge in [0.1, 0.15) is 11.9 Å². The SMILES string of the molecule is CCCN1CCC(CC2CC(c3cccc(F)c3)=NO2)(C(=O)OCC)CC1. The third-order valence-corrected chi connectivity index (χ3v) is 5.57. The van der Waals surface area contributed by atoms with Gasteiger partial charge in [-0.25, -0.2) is 4.39 Å². The van der Waals surface area contributed by atoms with E-state index in [4.69, 9.17) is 9.57 Å². The maximum Gasteiger partial charge on any atom is 0.312 e. The predicted octanol–water partition coefficient (Wildman–Crippen LogP) is 3.76. The molecule has 0 aromatic heterocycles. The topological polar surface area (TPSA) is 51.1 Å². The summed E-state index contributed by atoms with van der Waals surface area (Å²) in [5, 5.41) is 4.16. The van der Waals surface area contributed by atoms with Crippen LogP contribution in [0.4, 0.5) is 4.39 Å². The number of carbonyl (C=O) groups is 1. The summed E-state index contributed by atoms with van der Waals surface area (Å²) in [7, 11) is 0. The van der Waals surface area contributed by atoms with Crippen molar-refractivity contribution < 1.29 is 18.8 Å². The molecule has 1 aromatic rings. The van der Waals surface area contributed by atoms with E-state index in [1.165, 1.54) is 12.1 Å². The van der Waals surface area contributed by atoms with Gasteiger partial charge in [0.15, 0.2) is 0 Å². The summed E-state index contributed by atoms with van der Waals surface area (Å²) in [5.41, 5.74) is 0.958. The van der Waals surface area contributed by atoms with E-state index in [-0.39, 0.29) is 17.9 Å². The second kappa shape index (κ2) is 8.83. The molecule has 1 aromatic carbocycles. The summed E-state index contributed by atoms with van der Waals surface area (Å²) in [5.74, 6) is -0.408. The lowest BCUT2D eigenvalue weighted by Crippen LogP contribution is -2.47. The van der Waals surface area contributed by atoms with Gasteiger partial charge in [0.05, 0.1) is 17.7 Å². The molecular weight excluding hydrogens is 347 g/mol. The van der Waals surface area contributed by atoms with E-state index in [1.807, 2.05) is 13.0 Å². The molecule has 3 rings (SSSR count). The zero-order valence-electron chi connectivity index (χ0n) is 16.2. The minimum atomic E-state index is -0.516. The van der Waals surface area contributed by atoms with Gasteiger partial charge in [-0.1, -0.05) is 24.2 Å². The molecule has 1 unspecified atom stereocenters. The Labute approximate surface area is 160 Å². The number of piperidine rings is 1. The van der Waals surface area contributed by atoms with E-state index in [2.05, 4.69) is 17.0 Å². The lowest BCUT2D eigenvalue weighted by Gasteiger charge is -2.40. The van der Waals surface area contributed by atoms with E-state index in [9.17, 15) is 9.18 Å².